The summed E-state index contributed by atoms with van der Waals surface area (Å²) in [5.74, 6) is 7.67. The van der Waals surface area contributed by atoms with Crippen molar-refractivity contribution < 1.29 is 38.6 Å². The molecule has 0 aliphatic carbocycles. The van der Waals surface area contributed by atoms with Crippen LogP contribution in [-0.4, -0.2) is 248 Å². The lowest BCUT2D eigenvalue weighted by Crippen LogP contribution is -2.40. The van der Waals surface area contributed by atoms with Crippen molar-refractivity contribution >= 4 is 35.4 Å². The maximum Gasteiger partial charge on any atom is 0.222 e. The summed E-state index contributed by atoms with van der Waals surface area (Å²) >= 11 is 0. The third-order valence-corrected chi connectivity index (χ3v) is 27.8. The summed E-state index contributed by atoms with van der Waals surface area (Å²) < 4.78 is 5.33. The highest BCUT2D eigenvalue weighted by atomic mass is 16.5. The number of aromatic nitrogens is 8. The second-order valence-electron chi connectivity index (χ2n) is 41.2. The summed E-state index contributed by atoms with van der Waals surface area (Å²) in [7, 11) is 13.4. The van der Waals surface area contributed by atoms with Crippen molar-refractivity contribution in [1.82, 2.24) is 79.1 Å². The standard InChI is InChI=1S/3C14H20N2O.C14H22N2O.3C14H20N2O.C13H20N2O/c3*1-10(2)13-6-4-11(8-15-13)12-5-7-14(17)16(3)9-12;1-11(2)13-5-4-12(10-15-13)14(17)6-8-16(3)9-7-14;3*1-10(2)13-5-4-12(9-15-13)11-6-7-16(3)14(17)8-11;1-11(2)13-4-3-12(9-14-13)10-15-5-7-16-8-6-15/h3*4,6,8,10,12H,5,7,9H2,1-3H3;4-5,10-11,17H,6-9H2,1-3H3;3*4-5,9-11H,6-8H2,1-3H3;3-4,9,11H,5-8,10H2,1-2H3/t2*12-;;;2*11-;;/m10..10../s1. The van der Waals surface area contributed by atoms with Gasteiger partial charge in [0.25, 0.3) is 0 Å². The van der Waals surface area contributed by atoms with E-state index in [1.807, 2.05) is 133 Å². The van der Waals surface area contributed by atoms with Gasteiger partial charge in [-0.1, -0.05) is 159 Å². The van der Waals surface area contributed by atoms with E-state index in [2.05, 4.69) is 252 Å². The van der Waals surface area contributed by atoms with Gasteiger partial charge in [0.05, 0.1) is 18.8 Å². The maximum atomic E-state index is 11.7. The van der Waals surface area contributed by atoms with Crippen LogP contribution in [0.5, 0.6) is 0 Å². The molecular weight excluding hydrogens is 1690 g/mol. The molecule has 0 spiro atoms. The highest BCUT2D eigenvalue weighted by Gasteiger charge is 2.35. The Balaban J connectivity index is 0.000000173. The molecule has 0 aromatic carbocycles. The van der Waals surface area contributed by atoms with Gasteiger partial charge in [0, 0.05) is 271 Å². The number of hydrogen-bond donors (Lipinski definition) is 1. The number of ether oxygens (including phenoxy) is 1. The number of rotatable bonds is 17. The molecule has 6 atom stereocenters. The summed E-state index contributed by atoms with van der Waals surface area (Å²) in [6.45, 7) is 46.0. The zero-order valence-electron chi connectivity index (χ0n) is 86.0. The van der Waals surface area contributed by atoms with Gasteiger partial charge in [-0.25, -0.2) is 0 Å². The van der Waals surface area contributed by atoms with E-state index in [4.69, 9.17) is 4.74 Å². The molecule has 6 amide bonds. The second-order valence-corrected chi connectivity index (χ2v) is 41.2. The highest BCUT2D eigenvalue weighted by Crippen LogP contribution is 2.37. The molecule has 16 rings (SSSR count). The smallest absolute Gasteiger partial charge is 0.222 e. The average molecular weight is 1850 g/mol. The van der Waals surface area contributed by atoms with E-state index in [0.29, 0.717) is 121 Å². The molecule has 16 heterocycles. The van der Waals surface area contributed by atoms with Gasteiger partial charge in [-0.3, -0.25) is 73.5 Å². The van der Waals surface area contributed by atoms with Crippen molar-refractivity contribution in [3.63, 3.8) is 0 Å². The number of aliphatic hydroxyl groups is 1. The van der Waals surface area contributed by atoms with Gasteiger partial charge in [-0.05, 0) is 211 Å². The van der Waals surface area contributed by atoms with E-state index in [1.54, 1.807) is 0 Å². The average Bonchev–Trinajstić information content (AvgIpc) is 0.804. The Kier molecular flexibility index (Phi) is 42.6. The Hall–Kier alpha value is -10.1. The minimum absolute atomic E-state index is 0.245. The van der Waals surface area contributed by atoms with Crippen molar-refractivity contribution in [1.29, 1.82) is 0 Å². The molecule has 135 heavy (non-hydrogen) atoms. The molecule has 0 saturated carbocycles. The number of likely N-dealkylation sites (tertiary alicyclic amines) is 7. The molecule has 8 aromatic heterocycles. The highest BCUT2D eigenvalue weighted by molar-refractivity contribution is 5.80. The Bertz CT molecular complexity index is 4540. The number of carbonyl (C=O) groups is 6. The Morgan fingerprint density at radius 1 is 0.296 bits per heavy atom. The molecule has 0 bridgehead atoms. The van der Waals surface area contributed by atoms with Crippen LogP contribution in [0.15, 0.2) is 147 Å². The molecule has 8 fully saturated rings. The normalized spacial score (nSPS) is 20.7. The maximum absolute atomic E-state index is 11.7. The molecule has 24 heteroatoms. The zero-order chi connectivity index (χ0) is 98.3. The lowest BCUT2D eigenvalue weighted by molar-refractivity contribution is -0.133. The second kappa shape index (κ2) is 53.0. The lowest BCUT2D eigenvalue weighted by atomic mass is 9.85. The Morgan fingerprint density at radius 2 is 0.548 bits per heavy atom. The van der Waals surface area contributed by atoms with Crippen molar-refractivity contribution in [2.75, 3.05) is 128 Å². The van der Waals surface area contributed by atoms with Crippen LogP contribution in [0.25, 0.3) is 0 Å². The van der Waals surface area contributed by atoms with Crippen LogP contribution in [-0.2, 0) is 45.6 Å². The number of carbonyl (C=O) groups excluding carboxylic acids is 6. The first-order valence-corrected chi connectivity index (χ1v) is 50.0. The summed E-state index contributed by atoms with van der Waals surface area (Å²) in [5.41, 5.74) is 18.0. The largest absolute Gasteiger partial charge is 0.385 e. The first kappa shape index (κ1) is 109. The number of pyridine rings is 8. The Labute approximate surface area is 808 Å². The fourth-order valence-electron chi connectivity index (χ4n) is 17.7. The van der Waals surface area contributed by atoms with E-state index in [0.717, 1.165) is 182 Å². The van der Waals surface area contributed by atoms with Crippen LogP contribution in [0.4, 0.5) is 0 Å². The summed E-state index contributed by atoms with van der Waals surface area (Å²) in [4.78, 5) is 121. The zero-order valence-corrected chi connectivity index (χ0v) is 86.0. The van der Waals surface area contributed by atoms with Crippen LogP contribution in [0.2, 0.25) is 0 Å². The molecular formula is C111H162N16O8. The topological polar surface area (TPSA) is 261 Å². The van der Waals surface area contributed by atoms with E-state index in [1.165, 1.54) is 44.6 Å². The molecule has 8 saturated heterocycles. The molecule has 8 aromatic rings. The number of likely N-dealkylation sites (N-methyl/N-ethyl adjacent to an activating group) is 3. The number of nitrogens with zero attached hydrogens (tertiary/aromatic N) is 16. The molecule has 1 N–H and O–H groups in total. The van der Waals surface area contributed by atoms with Crippen molar-refractivity contribution in [2.45, 2.75) is 296 Å². The van der Waals surface area contributed by atoms with E-state index in [-0.39, 0.29) is 35.4 Å². The van der Waals surface area contributed by atoms with E-state index < -0.39 is 5.60 Å². The number of amides is 6. The molecule has 8 aliphatic heterocycles. The van der Waals surface area contributed by atoms with E-state index >= 15 is 0 Å². The van der Waals surface area contributed by atoms with Crippen LogP contribution in [0.1, 0.15) is 374 Å². The van der Waals surface area contributed by atoms with Gasteiger partial charge >= 0.3 is 0 Å². The number of hydrogen-bond acceptors (Lipinski definition) is 18. The first-order valence-electron chi connectivity index (χ1n) is 50.0. The third kappa shape index (κ3) is 33.6. The van der Waals surface area contributed by atoms with Crippen molar-refractivity contribution in [3.05, 3.63) is 237 Å². The molecule has 0 radical (unpaired) electrons. The van der Waals surface area contributed by atoms with Gasteiger partial charge < -0.3 is 44.1 Å². The number of morpholine rings is 1. The predicted molar refractivity (Wildman–Crippen MR) is 541 cm³/mol. The van der Waals surface area contributed by atoms with Crippen LogP contribution in [0.3, 0.4) is 0 Å². The van der Waals surface area contributed by atoms with Crippen LogP contribution in [0, 0.1) is 0 Å². The fourth-order valence-corrected chi connectivity index (χ4v) is 17.7. The van der Waals surface area contributed by atoms with E-state index in [9.17, 15) is 33.9 Å². The quantitative estimate of drug-likeness (QED) is 0.0888. The van der Waals surface area contributed by atoms with Crippen molar-refractivity contribution in [2.24, 2.45) is 0 Å². The monoisotopic (exact) mass is 1850 g/mol. The summed E-state index contributed by atoms with van der Waals surface area (Å²) in [6.07, 6.45) is 27.0. The molecule has 2 unspecified atom stereocenters. The minimum atomic E-state index is -0.672. The lowest BCUT2D eigenvalue weighted by Gasteiger charge is -2.36. The third-order valence-electron chi connectivity index (χ3n) is 27.8. The molecule has 24 nitrogen and oxygen atoms in total. The van der Waals surface area contributed by atoms with Gasteiger partial charge in [-0.15, -0.1) is 0 Å². The minimum Gasteiger partial charge on any atom is -0.385 e. The summed E-state index contributed by atoms with van der Waals surface area (Å²) in [6, 6.07) is 33.9. The molecule has 734 valence electrons. The predicted octanol–water partition coefficient (Wildman–Crippen LogP) is 19.4. The van der Waals surface area contributed by atoms with Crippen LogP contribution >= 0.6 is 0 Å². The Morgan fingerprint density at radius 3 is 0.770 bits per heavy atom. The van der Waals surface area contributed by atoms with Gasteiger partial charge in [0.15, 0.2) is 0 Å². The van der Waals surface area contributed by atoms with Gasteiger partial charge in [-0.2, -0.15) is 0 Å². The van der Waals surface area contributed by atoms with Crippen LogP contribution < -0.4 is 0 Å². The number of piperidine rings is 7. The fraction of sp³-hybridized carbons (Fsp3) is 0.586. The van der Waals surface area contributed by atoms with Gasteiger partial charge in [0.1, 0.15) is 0 Å². The first-order chi connectivity index (χ1) is 64.2. The van der Waals surface area contributed by atoms with Gasteiger partial charge in [0.2, 0.25) is 35.4 Å². The summed E-state index contributed by atoms with van der Waals surface area (Å²) in [5, 5.41) is 10.6. The van der Waals surface area contributed by atoms with Crippen molar-refractivity contribution in [3.8, 4) is 0 Å². The SMILES string of the molecule is CC(C)c1ccc(C2(O)CCN(C)CC2)cn1.CC(C)c1ccc(C2CCC(=O)N(C)C2)cn1.CC(C)c1ccc(C2CCN(C)C(=O)C2)cn1.CC(C)c1ccc(CN2CCOCC2)cn1.CC(C)c1ccc([C@@H]2CCC(=O)N(C)C2)cn1.CC(C)c1ccc([C@@H]2CCN(C)C(=O)C2)cn1.CC(C)c1ccc([C@H]2CCC(=O)N(C)C2)cn1.CC(C)c1ccc([C@H]2CCN(C)C(=O)C2)cn1. The molecule has 8 aliphatic rings.